The molecule has 0 aromatic carbocycles. The first-order valence-corrected chi connectivity index (χ1v) is 10.3. The first-order valence-electron chi connectivity index (χ1n) is 10.3. The van der Waals surface area contributed by atoms with Crippen LogP contribution < -0.4 is 0 Å². The van der Waals surface area contributed by atoms with Crippen LogP contribution in [0.15, 0.2) is 58.7 Å². The Hall–Kier alpha value is -2.69. The van der Waals surface area contributed by atoms with Gasteiger partial charge in [-0.1, -0.05) is 55.4 Å². The largest absolute Gasteiger partial charge is 0.481 e. The fraction of sp³-hybridized carbons (Fsp3) is 0.480. The minimum Gasteiger partial charge on any atom is -0.481 e. The van der Waals surface area contributed by atoms with Crippen LogP contribution in [0.25, 0.3) is 0 Å². The Balaban J connectivity index is 2.80. The summed E-state index contributed by atoms with van der Waals surface area (Å²) < 4.78 is 0. The molecule has 2 N–H and O–H groups in total. The summed E-state index contributed by atoms with van der Waals surface area (Å²) >= 11 is 0. The highest BCUT2D eigenvalue weighted by atomic mass is 16.4. The molecule has 0 fully saturated rings. The number of aliphatic carboxylic acids is 2. The zero-order chi connectivity index (χ0) is 22.9. The van der Waals surface area contributed by atoms with E-state index < -0.39 is 23.6 Å². The second-order valence-corrected chi connectivity index (χ2v) is 8.65. The van der Waals surface area contributed by atoms with Gasteiger partial charge >= 0.3 is 11.9 Å². The number of allylic oxidation sites excluding steroid dienone is 10. The number of carboxylic acids is 2. The fourth-order valence-corrected chi connectivity index (χ4v) is 3.66. The molecule has 0 saturated carbocycles. The third kappa shape index (κ3) is 8.36. The highest BCUT2D eigenvalue weighted by Gasteiger charge is 2.26. The van der Waals surface area contributed by atoms with E-state index in [4.69, 9.17) is 10.2 Å². The van der Waals surface area contributed by atoms with Crippen LogP contribution in [0.2, 0.25) is 0 Å². The molecule has 1 unspecified atom stereocenters. The summed E-state index contributed by atoms with van der Waals surface area (Å²) in [5.41, 5.74) is 4.71. The summed E-state index contributed by atoms with van der Waals surface area (Å²) in [4.78, 5) is 34.0. The first kappa shape index (κ1) is 25.3. The molecule has 5 heteroatoms. The number of hydrogen-bond donors (Lipinski definition) is 2. The molecule has 1 rings (SSSR count). The molecule has 0 amide bonds. The third-order valence-corrected chi connectivity index (χ3v) is 5.43. The Labute approximate surface area is 179 Å². The van der Waals surface area contributed by atoms with E-state index in [1.807, 2.05) is 19.1 Å². The van der Waals surface area contributed by atoms with Crippen molar-refractivity contribution in [3.05, 3.63) is 58.7 Å². The Morgan fingerprint density at radius 2 is 1.77 bits per heavy atom. The monoisotopic (exact) mass is 414 g/mol. The van der Waals surface area contributed by atoms with E-state index in [1.54, 1.807) is 13.0 Å². The zero-order valence-electron chi connectivity index (χ0n) is 18.7. The molecule has 30 heavy (non-hydrogen) atoms. The number of carbonyl (C=O) groups excluding carboxylic acids is 1. The third-order valence-electron chi connectivity index (χ3n) is 5.43. The molecule has 0 aromatic heterocycles. The van der Waals surface area contributed by atoms with E-state index >= 15 is 0 Å². The molecule has 1 atom stereocenters. The fourth-order valence-electron chi connectivity index (χ4n) is 3.66. The van der Waals surface area contributed by atoms with Crippen molar-refractivity contribution in [2.24, 2.45) is 11.3 Å². The number of hydrogen-bond acceptors (Lipinski definition) is 3. The molecule has 0 aliphatic heterocycles. The molecule has 0 heterocycles. The molecule has 5 nitrogen and oxygen atoms in total. The standard InChI is InChI=1S/C25H34O5/c1-17(11-13-21-19(3)10-7-15-25(21,4)5)8-6-9-18(2)16-22(26)20(24(29)30)12-14-23(27)28/h6,8-9,11,13,16,20H,7,10,12,14-15H2,1-5H3,(H,27,28)(H,29,30)/b9-6+,13-11+,17-8+,18-16+. The van der Waals surface area contributed by atoms with Crippen molar-refractivity contribution >= 4 is 17.7 Å². The maximum Gasteiger partial charge on any atom is 0.314 e. The van der Waals surface area contributed by atoms with Crippen LogP contribution in [-0.4, -0.2) is 27.9 Å². The van der Waals surface area contributed by atoms with Crippen LogP contribution in [0.3, 0.4) is 0 Å². The molecule has 0 aromatic rings. The van der Waals surface area contributed by atoms with E-state index in [-0.39, 0.29) is 18.3 Å². The van der Waals surface area contributed by atoms with Gasteiger partial charge < -0.3 is 10.2 Å². The topological polar surface area (TPSA) is 91.7 Å². The van der Waals surface area contributed by atoms with E-state index in [0.717, 1.165) is 12.0 Å². The lowest BCUT2D eigenvalue weighted by Crippen LogP contribution is -2.23. The van der Waals surface area contributed by atoms with Crippen LogP contribution >= 0.6 is 0 Å². The average molecular weight is 415 g/mol. The molecule has 0 spiro atoms. The summed E-state index contributed by atoms with van der Waals surface area (Å²) in [6.07, 6.45) is 14.0. The summed E-state index contributed by atoms with van der Waals surface area (Å²) in [7, 11) is 0. The molecular formula is C25H34O5. The number of rotatable bonds is 10. The molecule has 1 aliphatic rings. The smallest absolute Gasteiger partial charge is 0.314 e. The van der Waals surface area contributed by atoms with Gasteiger partial charge in [0.05, 0.1) is 0 Å². The highest BCUT2D eigenvalue weighted by molar-refractivity contribution is 6.05. The summed E-state index contributed by atoms with van der Waals surface area (Å²) in [5, 5.41) is 17.9. The summed E-state index contributed by atoms with van der Waals surface area (Å²) in [6, 6.07) is 0. The molecule has 0 radical (unpaired) electrons. The Kier molecular flexibility index (Phi) is 9.70. The minimum absolute atomic E-state index is 0.190. The quantitative estimate of drug-likeness (QED) is 0.274. The molecular weight excluding hydrogens is 380 g/mol. The van der Waals surface area contributed by atoms with E-state index in [2.05, 4.69) is 32.9 Å². The van der Waals surface area contributed by atoms with Crippen LogP contribution in [0.5, 0.6) is 0 Å². The van der Waals surface area contributed by atoms with Gasteiger partial charge in [-0.15, -0.1) is 0 Å². The van der Waals surface area contributed by atoms with Gasteiger partial charge in [-0.25, -0.2) is 0 Å². The molecule has 1 aliphatic carbocycles. The molecule has 164 valence electrons. The predicted octanol–water partition coefficient (Wildman–Crippen LogP) is 5.65. The van der Waals surface area contributed by atoms with Crippen LogP contribution in [0.1, 0.15) is 66.7 Å². The van der Waals surface area contributed by atoms with Gasteiger partial charge in [-0.3, -0.25) is 14.4 Å². The Bertz CT molecular complexity index is 818. The number of carbonyl (C=O) groups is 3. The van der Waals surface area contributed by atoms with Crippen molar-refractivity contribution in [3.63, 3.8) is 0 Å². The molecule has 0 bridgehead atoms. The van der Waals surface area contributed by atoms with Crippen molar-refractivity contribution < 1.29 is 24.6 Å². The van der Waals surface area contributed by atoms with Gasteiger partial charge in [0.25, 0.3) is 0 Å². The lowest BCUT2D eigenvalue weighted by molar-refractivity contribution is -0.145. The van der Waals surface area contributed by atoms with Gasteiger partial charge in [0.15, 0.2) is 5.78 Å². The van der Waals surface area contributed by atoms with Crippen molar-refractivity contribution in [3.8, 4) is 0 Å². The zero-order valence-corrected chi connectivity index (χ0v) is 18.7. The van der Waals surface area contributed by atoms with Gasteiger partial charge in [0, 0.05) is 6.42 Å². The normalized spacial score (nSPS) is 18.8. The Morgan fingerprint density at radius 3 is 2.33 bits per heavy atom. The van der Waals surface area contributed by atoms with Gasteiger partial charge in [0.2, 0.25) is 0 Å². The summed E-state index contributed by atoms with van der Waals surface area (Å²) in [5.74, 6) is -4.34. The highest BCUT2D eigenvalue weighted by Crippen LogP contribution is 2.40. The van der Waals surface area contributed by atoms with Gasteiger partial charge in [-0.05, 0) is 69.1 Å². The van der Waals surface area contributed by atoms with Crippen LogP contribution in [-0.2, 0) is 14.4 Å². The van der Waals surface area contributed by atoms with Gasteiger partial charge in [-0.2, -0.15) is 0 Å². The second-order valence-electron chi connectivity index (χ2n) is 8.65. The number of carboxylic acid groups (broad SMARTS) is 2. The molecule has 0 saturated heterocycles. The van der Waals surface area contributed by atoms with Crippen LogP contribution in [0.4, 0.5) is 0 Å². The van der Waals surface area contributed by atoms with Crippen molar-refractivity contribution in [2.45, 2.75) is 66.7 Å². The lowest BCUT2D eigenvalue weighted by atomic mass is 9.72. The first-order chi connectivity index (χ1) is 13.9. The van der Waals surface area contributed by atoms with Gasteiger partial charge in [0.1, 0.15) is 5.92 Å². The maximum absolute atomic E-state index is 12.2. The average Bonchev–Trinajstić information content (AvgIpc) is 2.60. The van der Waals surface area contributed by atoms with Crippen molar-refractivity contribution in [2.75, 3.05) is 0 Å². The number of ketones is 1. The second kappa shape index (κ2) is 11.5. The van der Waals surface area contributed by atoms with Crippen LogP contribution in [0, 0.1) is 11.3 Å². The minimum atomic E-state index is -1.33. The van der Waals surface area contributed by atoms with Crippen molar-refractivity contribution in [1.29, 1.82) is 0 Å². The maximum atomic E-state index is 12.2. The lowest BCUT2D eigenvalue weighted by Gasteiger charge is -2.32. The summed E-state index contributed by atoms with van der Waals surface area (Å²) in [6.45, 7) is 10.5. The predicted molar refractivity (Wildman–Crippen MR) is 119 cm³/mol. The van der Waals surface area contributed by atoms with E-state index in [0.29, 0.717) is 5.57 Å². The SMILES string of the molecule is CC1=C(/C=C/C(C)=C/C=C/C(C)=C/C(=O)C(CCC(=O)O)C(=O)O)C(C)(C)CCC1. The van der Waals surface area contributed by atoms with E-state index in [9.17, 15) is 14.4 Å². The Morgan fingerprint density at radius 1 is 1.10 bits per heavy atom. The van der Waals surface area contributed by atoms with Crippen molar-refractivity contribution in [1.82, 2.24) is 0 Å². The van der Waals surface area contributed by atoms with E-state index in [1.165, 1.54) is 30.1 Å².